The molecule has 5 nitrogen and oxygen atoms in total. The molecule has 0 bridgehead atoms. The van der Waals surface area contributed by atoms with E-state index in [-0.39, 0.29) is 12.4 Å². The van der Waals surface area contributed by atoms with E-state index in [1.807, 2.05) is 6.92 Å². The smallest absolute Gasteiger partial charge is 0.338 e. The maximum Gasteiger partial charge on any atom is 0.338 e. The largest absolute Gasteiger partial charge is 0.480 e. The van der Waals surface area contributed by atoms with Crippen LogP contribution in [-0.4, -0.2) is 29.7 Å². The van der Waals surface area contributed by atoms with Gasteiger partial charge in [-0.05, 0) is 30.5 Å². The van der Waals surface area contributed by atoms with Gasteiger partial charge in [-0.1, -0.05) is 25.5 Å². The molecule has 0 aromatic heterocycles. The van der Waals surface area contributed by atoms with E-state index in [1.54, 1.807) is 24.3 Å². The van der Waals surface area contributed by atoms with Crippen molar-refractivity contribution in [3.8, 4) is 0 Å². The fourth-order valence-electron chi connectivity index (χ4n) is 1.56. The van der Waals surface area contributed by atoms with Crippen LogP contribution in [-0.2, 0) is 16.0 Å². The lowest BCUT2D eigenvalue weighted by atomic mass is 10.0. The Hall–Kier alpha value is -1.88. The molecule has 0 spiro atoms. The lowest BCUT2D eigenvalue weighted by molar-refractivity contribution is -0.138. The summed E-state index contributed by atoms with van der Waals surface area (Å²) in [6.07, 6.45) is 1.97. The van der Waals surface area contributed by atoms with Crippen molar-refractivity contribution in [3.05, 3.63) is 35.4 Å². The number of nitrogens with two attached hydrogens (primary N) is 1. The van der Waals surface area contributed by atoms with Gasteiger partial charge >= 0.3 is 11.9 Å². The van der Waals surface area contributed by atoms with Crippen molar-refractivity contribution in [2.24, 2.45) is 5.73 Å². The van der Waals surface area contributed by atoms with Crippen molar-refractivity contribution in [3.63, 3.8) is 0 Å². The first-order valence-corrected chi connectivity index (χ1v) is 6.29. The molecule has 0 saturated carbocycles. The van der Waals surface area contributed by atoms with Gasteiger partial charge in [0.25, 0.3) is 0 Å². The first kappa shape index (κ1) is 15.2. The average molecular weight is 265 g/mol. The number of ether oxygens (including phenoxy) is 1. The minimum atomic E-state index is -1.06. The SMILES string of the molecule is CCCCOC(=O)c1cccc(C[C@H](N)C(=O)O)c1. The molecule has 104 valence electrons. The number of benzene rings is 1. The summed E-state index contributed by atoms with van der Waals surface area (Å²) in [4.78, 5) is 22.4. The van der Waals surface area contributed by atoms with Gasteiger partial charge in [-0.15, -0.1) is 0 Å². The minimum absolute atomic E-state index is 0.186. The van der Waals surface area contributed by atoms with Gasteiger partial charge < -0.3 is 15.6 Å². The molecule has 1 rings (SSSR count). The molecule has 0 radical (unpaired) electrons. The van der Waals surface area contributed by atoms with Crippen LogP contribution in [0.5, 0.6) is 0 Å². The highest BCUT2D eigenvalue weighted by Crippen LogP contribution is 2.09. The molecule has 0 aliphatic rings. The van der Waals surface area contributed by atoms with Gasteiger partial charge in [0.05, 0.1) is 12.2 Å². The van der Waals surface area contributed by atoms with Crippen LogP contribution in [0.3, 0.4) is 0 Å². The second kappa shape index (κ2) is 7.53. The van der Waals surface area contributed by atoms with Crippen LogP contribution >= 0.6 is 0 Å². The number of carboxylic acids is 1. The molecule has 1 atom stereocenters. The average Bonchev–Trinajstić information content (AvgIpc) is 2.39. The van der Waals surface area contributed by atoms with Gasteiger partial charge in [-0.25, -0.2) is 4.79 Å². The lowest BCUT2D eigenvalue weighted by Crippen LogP contribution is -2.32. The maximum atomic E-state index is 11.7. The number of carbonyl (C=O) groups is 2. The molecule has 1 aromatic rings. The van der Waals surface area contributed by atoms with Crippen molar-refractivity contribution < 1.29 is 19.4 Å². The first-order valence-electron chi connectivity index (χ1n) is 6.29. The van der Waals surface area contributed by atoms with Gasteiger partial charge in [-0.2, -0.15) is 0 Å². The zero-order valence-corrected chi connectivity index (χ0v) is 11.0. The third kappa shape index (κ3) is 5.09. The molecule has 5 heteroatoms. The van der Waals surface area contributed by atoms with E-state index in [2.05, 4.69) is 0 Å². The van der Waals surface area contributed by atoms with Crippen molar-refractivity contribution in [2.75, 3.05) is 6.61 Å². The summed E-state index contributed by atoms with van der Waals surface area (Å²) in [5.41, 5.74) is 6.59. The van der Waals surface area contributed by atoms with Crippen LogP contribution in [0.25, 0.3) is 0 Å². The molecular weight excluding hydrogens is 246 g/mol. The fraction of sp³-hybridized carbons (Fsp3) is 0.429. The second-order valence-electron chi connectivity index (χ2n) is 4.34. The monoisotopic (exact) mass is 265 g/mol. The van der Waals surface area contributed by atoms with Crippen LogP contribution in [0.2, 0.25) is 0 Å². The summed E-state index contributed by atoms with van der Waals surface area (Å²) < 4.78 is 5.09. The van der Waals surface area contributed by atoms with Crippen LogP contribution in [0.1, 0.15) is 35.7 Å². The summed E-state index contributed by atoms with van der Waals surface area (Å²) in [7, 11) is 0. The van der Waals surface area contributed by atoms with Crippen molar-refractivity contribution in [1.82, 2.24) is 0 Å². The van der Waals surface area contributed by atoms with E-state index in [1.165, 1.54) is 0 Å². The van der Waals surface area contributed by atoms with Crippen LogP contribution < -0.4 is 5.73 Å². The standard InChI is InChI=1S/C14H19NO4/c1-2-3-7-19-14(18)11-6-4-5-10(8-11)9-12(15)13(16)17/h4-6,8,12H,2-3,7,9,15H2,1H3,(H,16,17)/t12-/m0/s1. The Morgan fingerprint density at radius 3 is 2.79 bits per heavy atom. The quantitative estimate of drug-likeness (QED) is 0.577. The maximum absolute atomic E-state index is 11.7. The van der Waals surface area contributed by atoms with Crippen molar-refractivity contribution in [1.29, 1.82) is 0 Å². The van der Waals surface area contributed by atoms with Gasteiger partial charge in [-0.3, -0.25) is 4.79 Å². The molecule has 0 heterocycles. The van der Waals surface area contributed by atoms with E-state index in [9.17, 15) is 9.59 Å². The van der Waals surface area contributed by atoms with Crippen LogP contribution in [0, 0.1) is 0 Å². The van der Waals surface area contributed by atoms with E-state index in [0.29, 0.717) is 17.7 Å². The Kier molecular flexibility index (Phi) is 6.02. The molecule has 0 aliphatic carbocycles. The second-order valence-corrected chi connectivity index (χ2v) is 4.34. The van der Waals surface area contributed by atoms with E-state index in [4.69, 9.17) is 15.6 Å². The highest BCUT2D eigenvalue weighted by atomic mass is 16.5. The highest BCUT2D eigenvalue weighted by Gasteiger charge is 2.13. The summed E-state index contributed by atoms with van der Waals surface area (Å²) in [6.45, 7) is 2.41. The number of carboxylic acid groups (broad SMARTS) is 1. The Balaban J connectivity index is 2.66. The van der Waals surface area contributed by atoms with Crippen LogP contribution in [0.4, 0.5) is 0 Å². The lowest BCUT2D eigenvalue weighted by Gasteiger charge is -2.08. The third-order valence-corrected chi connectivity index (χ3v) is 2.67. The van der Waals surface area contributed by atoms with Gasteiger partial charge in [0, 0.05) is 0 Å². The Labute approximate surface area is 112 Å². The summed E-state index contributed by atoms with van der Waals surface area (Å²) in [5.74, 6) is -1.45. The van der Waals surface area contributed by atoms with Gasteiger partial charge in [0.2, 0.25) is 0 Å². The molecule has 0 unspecified atom stereocenters. The fourth-order valence-corrected chi connectivity index (χ4v) is 1.56. The number of aliphatic carboxylic acids is 1. The van der Waals surface area contributed by atoms with Crippen molar-refractivity contribution >= 4 is 11.9 Å². The van der Waals surface area contributed by atoms with Gasteiger partial charge in [0.1, 0.15) is 6.04 Å². The summed E-state index contributed by atoms with van der Waals surface area (Å²) >= 11 is 0. The van der Waals surface area contributed by atoms with E-state index in [0.717, 1.165) is 12.8 Å². The normalized spacial score (nSPS) is 11.9. The first-order chi connectivity index (χ1) is 9.04. The zero-order valence-electron chi connectivity index (χ0n) is 11.0. The van der Waals surface area contributed by atoms with E-state index < -0.39 is 12.0 Å². The van der Waals surface area contributed by atoms with E-state index >= 15 is 0 Å². The number of hydrogen-bond donors (Lipinski definition) is 2. The molecule has 0 amide bonds. The topological polar surface area (TPSA) is 89.6 Å². The predicted octanol–water partition coefficient (Wildman–Crippen LogP) is 1.60. The number of hydrogen-bond acceptors (Lipinski definition) is 4. The summed E-state index contributed by atoms with van der Waals surface area (Å²) in [6, 6.07) is 5.74. The molecule has 0 fully saturated rings. The molecule has 0 aliphatic heterocycles. The number of rotatable bonds is 7. The molecule has 3 N–H and O–H groups in total. The summed E-state index contributed by atoms with van der Waals surface area (Å²) in [5, 5.41) is 8.75. The third-order valence-electron chi connectivity index (χ3n) is 2.67. The Morgan fingerprint density at radius 1 is 1.42 bits per heavy atom. The van der Waals surface area contributed by atoms with Crippen LogP contribution in [0.15, 0.2) is 24.3 Å². The predicted molar refractivity (Wildman–Crippen MR) is 70.9 cm³/mol. The zero-order chi connectivity index (χ0) is 14.3. The minimum Gasteiger partial charge on any atom is -0.480 e. The van der Waals surface area contributed by atoms with Gasteiger partial charge in [0.15, 0.2) is 0 Å². The number of carbonyl (C=O) groups excluding carboxylic acids is 1. The Morgan fingerprint density at radius 2 is 2.16 bits per heavy atom. The molecule has 0 saturated heterocycles. The number of unbranched alkanes of at least 4 members (excludes halogenated alkanes) is 1. The Bertz CT molecular complexity index is 445. The van der Waals surface area contributed by atoms with Crippen molar-refractivity contribution in [2.45, 2.75) is 32.2 Å². The number of esters is 1. The highest BCUT2D eigenvalue weighted by molar-refractivity contribution is 5.89. The molecule has 19 heavy (non-hydrogen) atoms. The molecule has 1 aromatic carbocycles. The molecular formula is C14H19NO4.